The molecule has 3 aromatic heterocycles. The summed E-state index contributed by atoms with van der Waals surface area (Å²) < 4.78 is 6.11. The van der Waals surface area contributed by atoms with Gasteiger partial charge in [-0.25, -0.2) is 4.68 Å². The fraction of sp³-hybridized carbons (Fsp3) is 0.200. The van der Waals surface area contributed by atoms with Gasteiger partial charge >= 0.3 is 0 Å². The van der Waals surface area contributed by atoms with E-state index < -0.39 is 11.9 Å². The molecule has 0 aliphatic carbocycles. The SMILES string of the molecule is Cc1cc(NC(=O)C(C)n2nc(-c3cccs3)ccc2=O)on1. The summed E-state index contributed by atoms with van der Waals surface area (Å²) in [6.45, 7) is 3.35. The zero-order valence-corrected chi connectivity index (χ0v) is 13.3. The maximum atomic E-state index is 12.3. The molecule has 8 heteroatoms. The maximum absolute atomic E-state index is 12.3. The topological polar surface area (TPSA) is 90.0 Å². The number of nitrogens with zero attached hydrogens (tertiary/aromatic N) is 3. The van der Waals surface area contributed by atoms with E-state index in [0.717, 1.165) is 9.56 Å². The summed E-state index contributed by atoms with van der Waals surface area (Å²) in [5.41, 5.74) is 0.958. The van der Waals surface area contributed by atoms with Crippen LogP contribution >= 0.6 is 11.3 Å². The van der Waals surface area contributed by atoms with Crippen LogP contribution in [0.25, 0.3) is 10.6 Å². The Labute approximate surface area is 135 Å². The maximum Gasteiger partial charge on any atom is 0.267 e. The van der Waals surface area contributed by atoms with Crippen molar-refractivity contribution in [1.82, 2.24) is 14.9 Å². The first-order valence-corrected chi connectivity index (χ1v) is 7.80. The highest BCUT2D eigenvalue weighted by molar-refractivity contribution is 7.13. The molecule has 0 fully saturated rings. The number of thiophene rings is 1. The van der Waals surface area contributed by atoms with Gasteiger partial charge in [-0.3, -0.25) is 14.9 Å². The summed E-state index contributed by atoms with van der Waals surface area (Å²) in [4.78, 5) is 25.2. The molecular weight excluding hydrogens is 316 g/mol. The summed E-state index contributed by atoms with van der Waals surface area (Å²) in [5.74, 6) is -0.166. The molecule has 0 spiro atoms. The molecule has 1 atom stereocenters. The Hall–Kier alpha value is -2.74. The summed E-state index contributed by atoms with van der Waals surface area (Å²) in [6, 6.07) is 7.68. The second-order valence-corrected chi connectivity index (χ2v) is 5.92. The molecule has 23 heavy (non-hydrogen) atoms. The van der Waals surface area contributed by atoms with E-state index in [-0.39, 0.29) is 11.4 Å². The van der Waals surface area contributed by atoms with Crippen molar-refractivity contribution in [3.63, 3.8) is 0 Å². The molecule has 118 valence electrons. The number of carbonyl (C=O) groups is 1. The van der Waals surface area contributed by atoms with E-state index in [4.69, 9.17) is 4.52 Å². The highest BCUT2D eigenvalue weighted by Gasteiger charge is 2.19. The summed E-state index contributed by atoms with van der Waals surface area (Å²) >= 11 is 1.51. The van der Waals surface area contributed by atoms with Crippen LogP contribution in [0.5, 0.6) is 0 Å². The zero-order valence-electron chi connectivity index (χ0n) is 12.5. The van der Waals surface area contributed by atoms with Crippen molar-refractivity contribution in [3.8, 4) is 10.6 Å². The Kier molecular flexibility index (Phi) is 4.07. The zero-order chi connectivity index (χ0) is 16.4. The van der Waals surface area contributed by atoms with E-state index in [0.29, 0.717) is 11.4 Å². The Morgan fingerprint density at radius 2 is 2.22 bits per heavy atom. The van der Waals surface area contributed by atoms with Crippen LogP contribution in [-0.4, -0.2) is 20.8 Å². The molecule has 0 aliphatic rings. The highest BCUT2D eigenvalue weighted by Crippen LogP contribution is 2.21. The number of anilines is 1. The van der Waals surface area contributed by atoms with Gasteiger partial charge in [0, 0.05) is 12.1 Å². The van der Waals surface area contributed by atoms with Gasteiger partial charge in [-0.05, 0) is 31.4 Å². The van der Waals surface area contributed by atoms with Crippen molar-refractivity contribution >= 4 is 23.1 Å². The third kappa shape index (κ3) is 3.21. The molecule has 3 rings (SSSR count). The number of nitrogens with one attached hydrogen (secondary N) is 1. The fourth-order valence-electron chi connectivity index (χ4n) is 2.02. The lowest BCUT2D eigenvalue weighted by atomic mass is 10.3. The Bertz CT molecular complexity index is 882. The van der Waals surface area contributed by atoms with Crippen molar-refractivity contribution < 1.29 is 9.32 Å². The van der Waals surface area contributed by atoms with Crippen LogP contribution in [-0.2, 0) is 4.79 Å². The van der Waals surface area contributed by atoms with Gasteiger partial charge < -0.3 is 4.52 Å². The number of aromatic nitrogens is 3. The Balaban J connectivity index is 1.86. The van der Waals surface area contributed by atoms with Crippen LogP contribution < -0.4 is 10.9 Å². The molecule has 3 heterocycles. The second kappa shape index (κ2) is 6.17. The molecule has 0 aromatic carbocycles. The lowest BCUT2D eigenvalue weighted by Gasteiger charge is -2.13. The van der Waals surface area contributed by atoms with E-state index in [1.54, 1.807) is 26.0 Å². The van der Waals surface area contributed by atoms with Crippen molar-refractivity contribution in [2.45, 2.75) is 19.9 Å². The Morgan fingerprint density at radius 3 is 2.87 bits per heavy atom. The third-order valence-corrected chi connectivity index (χ3v) is 4.11. The van der Waals surface area contributed by atoms with Crippen molar-refractivity contribution in [1.29, 1.82) is 0 Å². The van der Waals surface area contributed by atoms with Gasteiger partial charge in [0.05, 0.1) is 10.6 Å². The van der Waals surface area contributed by atoms with Crippen molar-refractivity contribution in [2.24, 2.45) is 0 Å². The predicted octanol–water partition coefficient (Wildman–Crippen LogP) is 2.47. The number of rotatable bonds is 4. The number of carbonyl (C=O) groups excluding carboxylic acids is 1. The standard InChI is InChI=1S/C15H14N4O3S/c1-9-8-13(22-18-9)16-15(21)10(2)19-14(20)6-5-11(17-19)12-4-3-7-23-12/h3-8,10H,1-2H3,(H,16,21). The first-order valence-electron chi connectivity index (χ1n) is 6.92. The number of hydrogen-bond acceptors (Lipinski definition) is 6. The molecule has 0 saturated heterocycles. The molecule has 1 unspecified atom stereocenters. The first-order chi connectivity index (χ1) is 11.0. The van der Waals surface area contributed by atoms with Crippen molar-refractivity contribution in [2.75, 3.05) is 5.32 Å². The minimum absolute atomic E-state index is 0.238. The number of aryl methyl sites for hydroxylation is 1. The lowest BCUT2D eigenvalue weighted by Crippen LogP contribution is -2.33. The van der Waals surface area contributed by atoms with Gasteiger partial charge in [0.2, 0.25) is 5.88 Å². The minimum Gasteiger partial charge on any atom is -0.338 e. The molecule has 0 saturated carbocycles. The monoisotopic (exact) mass is 330 g/mol. The van der Waals surface area contributed by atoms with Crippen LogP contribution in [0, 0.1) is 6.92 Å². The van der Waals surface area contributed by atoms with Crippen LogP contribution in [0.4, 0.5) is 5.88 Å². The molecule has 1 amide bonds. The first kappa shape index (κ1) is 15.2. The van der Waals surface area contributed by atoms with E-state index in [1.165, 1.54) is 17.4 Å². The van der Waals surface area contributed by atoms with Gasteiger partial charge in [-0.2, -0.15) is 5.10 Å². The van der Waals surface area contributed by atoms with Gasteiger partial charge in [0.15, 0.2) is 0 Å². The van der Waals surface area contributed by atoms with E-state index in [2.05, 4.69) is 15.6 Å². The molecular formula is C15H14N4O3S. The second-order valence-electron chi connectivity index (χ2n) is 4.98. The fourth-order valence-corrected chi connectivity index (χ4v) is 2.71. The lowest BCUT2D eigenvalue weighted by molar-refractivity contribution is -0.119. The predicted molar refractivity (Wildman–Crippen MR) is 86.4 cm³/mol. The average molecular weight is 330 g/mol. The van der Waals surface area contributed by atoms with Gasteiger partial charge in [-0.1, -0.05) is 11.2 Å². The number of hydrogen-bond donors (Lipinski definition) is 1. The van der Waals surface area contributed by atoms with Crippen LogP contribution in [0.3, 0.4) is 0 Å². The molecule has 1 N–H and O–H groups in total. The number of amides is 1. The Morgan fingerprint density at radius 1 is 1.39 bits per heavy atom. The van der Waals surface area contributed by atoms with E-state index in [1.807, 2.05) is 17.5 Å². The van der Waals surface area contributed by atoms with Crippen LogP contribution in [0.15, 0.2) is 45.0 Å². The highest BCUT2D eigenvalue weighted by atomic mass is 32.1. The molecule has 0 aliphatic heterocycles. The van der Waals surface area contributed by atoms with E-state index >= 15 is 0 Å². The molecule has 0 radical (unpaired) electrons. The molecule has 3 aromatic rings. The van der Waals surface area contributed by atoms with Gasteiger partial charge in [0.25, 0.3) is 11.5 Å². The van der Waals surface area contributed by atoms with E-state index in [9.17, 15) is 9.59 Å². The van der Waals surface area contributed by atoms with Crippen molar-refractivity contribution in [3.05, 3.63) is 51.8 Å². The third-order valence-electron chi connectivity index (χ3n) is 3.22. The quantitative estimate of drug-likeness (QED) is 0.793. The van der Waals surface area contributed by atoms with Gasteiger partial charge in [-0.15, -0.1) is 11.3 Å². The summed E-state index contributed by atoms with van der Waals surface area (Å²) in [7, 11) is 0. The summed E-state index contributed by atoms with van der Waals surface area (Å²) in [5, 5.41) is 12.5. The normalized spacial score (nSPS) is 12.1. The van der Waals surface area contributed by atoms with Gasteiger partial charge in [0.1, 0.15) is 11.7 Å². The average Bonchev–Trinajstić information content (AvgIpc) is 3.19. The largest absolute Gasteiger partial charge is 0.338 e. The summed E-state index contributed by atoms with van der Waals surface area (Å²) in [6.07, 6.45) is 0. The molecule has 7 nitrogen and oxygen atoms in total. The van der Waals surface area contributed by atoms with Crippen LogP contribution in [0.2, 0.25) is 0 Å². The molecule has 0 bridgehead atoms. The smallest absolute Gasteiger partial charge is 0.267 e. The van der Waals surface area contributed by atoms with Crippen LogP contribution in [0.1, 0.15) is 18.7 Å². The minimum atomic E-state index is -0.784.